The molecule has 4 nitrogen and oxygen atoms in total. The van der Waals surface area contributed by atoms with Gasteiger partial charge in [-0.15, -0.1) is 0 Å². The molecule has 0 atom stereocenters. The topological polar surface area (TPSA) is 63.1 Å². The first kappa shape index (κ1) is 7.65. The Morgan fingerprint density at radius 1 is 1.45 bits per heavy atom. The van der Waals surface area contributed by atoms with Crippen LogP contribution in [-0.2, 0) is 11.2 Å². The summed E-state index contributed by atoms with van der Waals surface area (Å²) in [6.07, 6.45) is 3.69. The lowest BCUT2D eigenvalue weighted by atomic mass is 10.3. The third kappa shape index (κ3) is 2.75. The van der Waals surface area contributed by atoms with E-state index in [-0.39, 0.29) is 6.42 Å². The summed E-state index contributed by atoms with van der Waals surface area (Å²) in [7, 11) is 0. The van der Waals surface area contributed by atoms with E-state index < -0.39 is 5.97 Å². The van der Waals surface area contributed by atoms with Crippen LogP contribution >= 0.6 is 0 Å². The van der Waals surface area contributed by atoms with E-state index in [1.807, 2.05) is 0 Å². The summed E-state index contributed by atoms with van der Waals surface area (Å²) in [5, 5.41) is 8.32. The van der Waals surface area contributed by atoms with Crippen molar-refractivity contribution >= 4 is 5.97 Å². The molecule has 0 bridgehead atoms. The van der Waals surface area contributed by atoms with Crippen molar-refractivity contribution in [2.75, 3.05) is 0 Å². The highest BCUT2D eigenvalue weighted by Gasteiger charge is 1.99. The maximum Gasteiger partial charge on any atom is 0.303 e. The molecule has 1 aromatic rings. The standard InChI is InChI=1S/C7H8N2O2/c10-7(11)3-2-6-8-4-1-5-9-6/h1,4-5H,2-3H2,(H,10,11). The van der Waals surface area contributed by atoms with Crippen molar-refractivity contribution < 1.29 is 9.90 Å². The molecule has 0 aromatic carbocycles. The summed E-state index contributed by atoms with van der Waals surface area (Å²) in [5.41, 5.74) is 0. The van der Waals surface area contributed by atoms with Crippen LogP contribution in [0.2, 0.25) is 0 Å². The number of carboxylic acids is 1. The van der Waals surface area contributed by atoms with E-state index in [1.54, 1.807) is 18.5 Å². The van der Waals surface area contributed by atoms with Crippen LogP contribution in [0, 0.1) is 0 Å². The molecule has 0 saturated heterocycles. The van der Waals surface area contributed by atoms with Crippen molar-refractivity contribution in [3.8, 4) is 0 Å². The van der Waals surface area contributed by atoms with Crippen LogP contribution in [0.5, 0.6) is 0 Å². The normalized spacial score (nSPS) is 9.45. The summed E-state index contributed by atoms with van der Waals surface area (Å²) >= 11 is 0. The minimum Gasteiger partial charge on any atom is -0.481 e. The molecule has 0 saturated carbocycles. The Kier molecular flexibility index (Phi) is 2.54. The van der Waals surface area contributed by atoms with Gasteiger partial charge in [0, 0.05) is 18.8 Å². The molecule has 0 fully saturated rings. The van der Waals surface area contributed by atoms with Crippen molar-refractivity contribution in [1.82, 2.24) is 9.97 Å². The van der Waals surface area contributed by atoms with Gasteiger partial charge in [-0.05, 0) is 6.07 Å². The van der Waals surface area contributed by atoms with Crippen molar-refractivity contribution in [3.63, 3.8) is 0 Å². The number of carbonyl (C=O) groups is 1. The summed E-state index contributed by atoms with van der Waals surface area (Å²) < 4.78 is 0. The summed E-state index contributed by atoms with van der Waals surface area (Å²) in [5.74, 6) is -0.243. The van der Waals surface area contributed by atoms with E-state index in [2.05, 4.69) is 9.97 Å². The first-order valence-electron chi connectivity index (χ1n) is 3.27. The number of aromatic nitrogens is 2. The van der Waals surface area contributed by atoms with Gasteiger partial charge in [0.1, 0.15) is 5.82 Å². The van der Waals surface area contributed by atoms with Gasteiger partial charge < -0.3 is 5.11 Å². The van der Waals surface area contributed by atoms with Crippen LogP contribution in [0.25, 0.3) is 0 Å². The molecule has 0 aliphatic rings. The van der Waals surface area contributed by atoms with Crippen LogP contribution in [0.3, 0.4) is 0 Å². The zero-order valence-electron chi connectivity index (χ0n) is 5.90. The summed E-state index contributed by atoms with van der Waals surface area (Å²) in [6.45, 7) is 0. The fraction of sp³-hybridized carbons (Fsp3) is 0.286. The minimum absolute atomic E-state index is 0.0873. The second-order valence-electron chi connectivity index (χ2n) is 2.06. The third-order valence-corrected chi connectivity index (χ3v) is 1.18. The molecule has 1 heterocycles. The van der Waals surface area contributed by atoms with Gasteiger partial charge in [0.15, 0.2) is 0 Å². The molecule has 0 spiro atoms. The Bertz CT molecular complexity index is 235. The van der Waals surface area contributed by atoms with Crippen LogP contribution < -0.4 is 0 Å². The molecular weight excluding hydrogens is 144 g/mol. The van der Waals surface area contributed by atoms with Crippen molar-refractivity contribution in [2.45, 2.75) is 12.8 Å². The third-order valence-electron chi connectivity index (χ3n) is 1.18. The number of hydrogen-bond donors (Lipinski definition) is 1. The molecule has 4 heteroatoms. The SMILES string of the molecule is O=C(O)CCc1ncccn1. The molecule has 1 aromatic heterocycles. The predicted octanol–water partition coefficient (Wildman–Crippen LogP) is 0.494. The fourth-order valence-electron chi connectivity index (χ4n) is 0.678. The Morgan fingerprint density at radius 3 is 2.64 bits per heavy atom. The Hall–Kier alpha value is -1.45. The number of aryl methyl sites for hydroxylation is 1. The van der Waals surface area contributed by atoms with E-state index in [1.165, 1.54) is 0 Å². The molecule has 1 rings (SSSR count). The number of carboxylic acid groups (broad SMARTS) is 1. The summed E-state index contributed by atoms with van der Waals surface area (Å²) in [4.78, 5) is 17.9. The van der Waals surface area contributed by atoms with Crippen LogP contribution in [0.1, 0.15) is 12.2 Å². The molecular formula is C7H8N2O2. The molecule has 0 radical (unpaired) electrons. The number of hydrogen-bond acceptors (Lipinski definition) is 3. The van der Waals surface area contributed by atoms with Crippen molar-refractivity contribution in [1.29, 1.82) is 0 Å². The van der Waals surface area contributed by atoms with E-state index >= 15 is 0 Å². The van der Waals surface area contributed by atoms with Crippen molar-refractivity contribution in [2.24, 2.45) is 0 Å². The number of rotatable bonds is 3. The molecule has 11 heavy (non-hydrogen) atoms. The first-order valence-corrected chi connectivity index (χ1v) is 3.27. The van der Waals surface area contributed by atoms with Gasteiger partial charge in [-0.2, -0.15) is 0 Å². The molecule has 0 aliphatic heterocycles. The Balaban J connectivity index is 2.45. The van der Waals surface area contributed by atoms with E-state index in [0.717, 1.165) is 0 Å². The molecule has 58 valence electrons. The first-order chi connectivity index (χ1) is 5.29. The quantitative estimate of drug-likeness (QED) is 0.684. The minimum atomic E-state index is -0.822. The second kappa shape index (κ2) is 3.65. The van der Waals surface area contributed by atoms with Crippen molar-refractivity contribution in [3.05, 3.63) is 24.3 Å². The van der Waals surface area contributed by atoms with Gasteiger partial charge in [0.2, 0.25) is 0 Å². The zero-order chi connectivity index (χ0) is 8.10. The maximum atomic E-state index is 10.1. The second-order valence-corrected chi connectivity index (χ2v) is 2.06. The lowest BCUT2D eigenvalue weighted by Crippen LogP contribution is -2.00. The number of nitrogens with zero attached hydrogens (tertiary/aromatic N) is 2. The largest absolute Gasteiger partial charge is 0.481 e. The van der Waals surface area contributed by atoms with E-state index in [0.29, 0.717) is 12.2 Å². The highest BCUT2D eigenvalue weighted by atomic mass is 16.4. The average Bonchev–Trinajstić information content (AvgIpc) is 2.03. The summed E-state index contributed by atoms with van der Waals surface area (Å²) in [6, 6.07) is 1.70. The van der Waals surface area contributed by atoms with Crippen LogP contribution in [0.4, 0.5) is 0 Å². The molecule has 0 aliphatic carbocycles. The molecule has 0 unspecified atom stereocenters. The fourth-order valence-corrected chi connectivity index (χ4v) is 0.678. The lowest BCUT2D eigenvalue weighted by molar-refractivity contribution is -0.137. The molecule has 1 N–H and O–H groups in total. The predicted molar refractivity (Wildman–Crippen MR) is 38.0 cm³/mol. The lowest BCUT2D eigenvalue weighted by Gasteiger charge is -1.93. The van der Waals surface area contributed by atoms with Crippen LogP contribution in [-0.4, -0.2) is 21.0 Å². The Labute approximate surface area is 63.9 Å². The number of aliphatic carboxylic acids is 1. The van der Waals surface area contributed by atoms with Gasteiger partial charge in [0.25, 0.3) is 0 Å². The smallest absolute Gasteiger partial charge is 0.303 e. The van der Waals surface area contributed by atoms with Gasteiger partial charge >= 0.3 is 5.97 Å². The average molecular weight is 152 g/mol. The zero-order valence-corrected chi connectivity index (χ0v) is 5.90. The van der Waals surface area contributed by atoms with E-state index in [4.69, 9.17) is 5.11 Å². The highest BCUT2D eigenvalue weighted by Crippen LogP contribution is 1.92. The molecule has 0 amide bonds. The van der Waals surface area contributed by atoms with E-state index in [9.17, 15) is 4.79 Å². The highest BCUT2D eigenvalue weighted by molar-refractivity contribution is 5.66. The van der Waals surface area contributed by atoms with Gasteiger partial charge in [-0.3, -0.25) is 4.79 Å². The Morgan fingerprint density at radius 2 is 2.09 bits per heavy atom. The van der Waals surface area contributed by atoms with Crippen LogP contribution in [0.15, 0.2) is 18.5 Å². The van der Waals surface area contributed by atoms with Gasteiger partial charge in [-0.1, -0.05) is 0 Å². The monoisotopic (exact) mass is 152 g/mol. The van der Waals surface area contributed by atoms with Gasteiger partial charge in [-0.25, -0.2) is 9.97 Å². The van der Waals surface area contributed by atoms with Gasteiger partial charge in [0.05, 0.1) is 6.42 Å². The maximum absolute atomic E-state index is 10.1.